The summed E-state index contributed by atoms with van der Waals surface area (Å²) in [6.45, 7) is 6.21. The van der Waals surface area contributed by atoms with Crippen molar-refractivity contribution in [3.63, 3.8) is 0 Å². The zero-order valence-corrected chi connectivity index (χ0v) is 17.8. The van der Waals surface area contributed by atoms with Crippen LogP contribution >= 0.6 is 23.1 Å². The molecule has 7 heteroatoms. The first kappa shape index (κ1) is 20.4. The second kappa shape index (κ2) is 9.71. The molecule has 0 aliphatic heterocycles. The number of carbonyl (C=O) groups excluding carboxylic acids is 1. The lowest BCUT2D eigenvalue weighted by Gasteiger charge is -2.17. The summed E-state index contributed by atoms with van der Waals surface area (Å²) in [6.07, 6.45) is 1.03. The van der Waals surface area contributed by atoms with Gasteiger partial charge in [-0.15, -0.1) is 10.2 Å². The van der Waals surface area contributed by atoms with Gasteiger partial charge in [0.05, 0.1) is 5.25 Å². The molecular formula is C21H24N4OS2. The number of hydrogen-bond acceptors (Lipinski definition) is 6. The van der Waals surface area contributed by atoms with E-state index in [9.17, 15) is 4.79 Å². The van der Waals surface area contributed by atoms with E-state index in [0.717, 1.165) is 22.1 Å². The number of hydrogen-bond donors (Lipinski definition) is 2. The third kappa shape index (κ3) is 5.33. The third-order valence-corrected chi connectivity index (χ3v) is 6.46. The minimum atomic E-state index is -0.275. The van der Waals surface area contributed by atoms with Crippen molar-refractivity contribution < 1.29 is 4.79 Å². The number of thioether (sulfide) groups is 1. The quantitative estimate of drug-likeness (QED) is 0.450. The molecule has 0 radical (unpaired) electrons. The van der Waals surface area contributed by atoms with Gasteiger partial charge in [-0.1, -0.05) is 73.3 Å². The predicted molar refractivity (Wildman–Crippen MR) is 119 cm³/mol. The molecule has 0 fully saturated rings. The smallest absolute Gasteiger partial charge is 0.237 e. The summed E-state index contributed by atoms with van der Waals surface area (Å²) in [5.41, 5.74) is 3.02. The Hall–Kier alpha value is -2.38. The highest BCUT2D eigenvalue weighted by Crippen LogP contribution is 2.32. The van der Waals surface area contributed by atoms with Crippen molar-refractivity contribution in [2.24, 2.45) is 0 Å². The highest BCUT2D eigenvalue weighted by molar-refractivity contribution is 8.02. The molecule has 0 aliphatic rings. The zero-order valence-electron chi connectivity index (χ0n) is 16.2. The molecule has 0 bridgehead atoms. The van der Waals surface area contributed by atoms with Gasteiger partial charge in [-0.3, -0.25) is 4.79 Å². The Kier molecular flexibility index (Phi) is 7.06. The second-order valence-corrected chi connectivity index (χ2v) is 9.08. The summed E-state index contributed by atoms with van der Waals surface area (Å²) in [4.78, 5) is 12.7. The molecular weight excluding hydrogens is 388 g/mol. The fraction of sp³-hybridized carbons (Fsp3) is 0.286. The summed E-state index contributed by atoms with van der Waals surface area (Å²) in [7, 11) is 0. The maximum Gasteiger partial charge on any atom is 0.237 e. The Morgan fingerprint density at radius 1 is 1.07 bits per heavy atom. The Bertz CT molecular complexity index is 914. The third-order valence-electron chi connectivity index (χ3n) is 4.44. The first-order valence-electron chi connectivity index (χ1n) is 9.28. The Morgan fingerprint density at radius 2 is 1.79 bits per heavy atom. The van der Waals surface area contributed by atoms with E-state index >= 15 is 0 Å². The van der Waals surface area contributed by atoms with Gasteiger partial charge in [0.25, 0.3) is 0 Å². The van der Waals surface area contributed by atoms with E-state index in [1.54, 1.807) is 0 Å². The van der Waals surface area contributed by atoms with Crippen LogP contribution in [0, 0.1) is 0 Å². The molecule has 2 aromatic carbocycles. The van der Waals surface area contributed by atoms with Gasteiger partial charge in [0.15, 0.2) is 4.34 Å². The number of anilines is 3. The summed E-state index contributed by atoms with van der Waals surface area (Å²) in [6, 6.07) is 17.8. The minimum Gasteiger partial charge on any atom is -0.330 e. The maximum atomic E-state index is 12.7. The number of nitrogens with zero attached hydrogens (tertiary/aromatic N) is 2. The number of rotatable bonds is 8. The molecule has 1 aromatic heterocycles. The molecule has 0 unspecified atom stereocenters. The number of aromatic nitrogens is 2. The van der Waals surface area contributed by atoms with Gasteiger partial charge < -0.3 is 10.6 Å². The van der Waals surface area contributed by atoms with Gasteiger partial charge in [-0.2, -0.15) is 0 Å². The largest absolute Gasteiger partial charge is 0.330 e. The van der Waals surface area contributed by atoms with Gasteiger partial charge in [-0.05, 0) is 43.0 Å². The highest BCUT2D eigenvalue weighted by Gasteiger charge is 2.19. The lowest BCUT2D eigenvalue weighted by Crippen LogP contribution is -2.23. The summed E-state index contributed by atoms with van der Waals surface area (Å²) >= 11 is 2.86. The average Bonchev–Trinajstić information content (AvgIpc) is 3.15. The van der Waals surface area contributed by atoms with Crippen LogP contribution in [0.2, 0.25) is 0 Å². The molecule has 5 nitrogen and oxygen atoms in total. The summed E-state index contributed by atoms with van der Waals surface area (Å²) in [5.74, 6) is 0.364. The van der Waals surface area contributed by atoms with Crippen molar-refractivity contribution in [1.82, 2.24) is 10.2 Å². The first-order chi connectivity index (χ1) is 13.6. The van der Waals surface area contributed by atoms with Crippen LogP contribution in [-0.2, 0) is 4.79 Å². The molecule has 0 spiro atoms. The molecule has 0 saturated carbocycles. The van der Waals surface area contributed by atoms with Crippen LogP contribution in [0.15, 0.2) is 58.9 Å². The number of para-hydroxylation sites is 2. The van der Waals surface area contributed by atoms with Crippen molar-refractivity contribution in [3.05, 3.63) is 60.2 Å². The topological polar surface area (TPSA) is 66.9 Å². The van der Waals surface area contributed by atoms with E-state index < -0.39 is 0 Å². The first-order valence-corrected chi connectivity index (χ1v) is 11.0. The molecule has 1 amide bonds. The Labute approximate surface area is 174 Å². The molecule has 146 valence electrons. The molecule has 2 N–H and O–H groups in total. The number of nitrogens with one attached hydrogen (secondary N) is 2. The maximum absolute atomic E-state index is 12.7. The van der Waals surface area contributed by atoms with Crippen molar-refractivity contribution in [2.75, 3.05) is 10.6 Å². The Balaban J connectivity index is 1.61. The Morgan fingerprint density at radius 3 is 2.54 bits per heavy atom. The normalized spacial score (nSPS) is 13.0. The van der Waals surface area contributed by atoms with E-state index in [4.69, 9.17) is 0 Å². The van der Waals surface area contributed by atoms with Gasteiger partial charge in [0, 0.05) is 11.4 Å². The van der Waals surface area contributed by atoms with E-state index in [0.29, 0.717) is 11.0 Å². The monoisotopic (exact) mass is 412 g/mol. The molecule has 0 saturated heterocycles. The lowest BCUT2D eigenvalue weighted by atomic mass is 9.97. The van der Waals surface area contributed by atoms with Crippen molar-refractivity contribution in [1.29, 1.82) is 0 Å². The molecule has 2 atom stereocenters. The zero-order chi connectivity index (χ0) is 19.9. The SMILES string of the molecule is CC[C@@H](C)c1ccccc1NC(=O)[C@@H](C)Sc1nnc(Nc2ccccc2)s1. The van der Waals surface area contributed by atoms with Crippen molar-refractivity contribution in [3.8, 4) is 0 Å². The number of benzene rings is 2. The van der Waals surface area contributed by atoms with Crippen molar-refractivity contribution in [2.45, 2.75) is 42.7 Å². The van der Waals surface area contributed by atoms with Crippen LogP contribution in [0.4, 0.5) is 16.5 Å². The van der Waals surface area contributed by atoms with Crippen LogP contribution in [-0.4, -0.2) is 21.4 Å². The molecule has 3 aromatic rings. The van der Waals surface area contributed by atoms with Gasteiger partial charge in [-0.25, -0.2) is 0 Å². The number of carbonyl (C=O) groups is 1. The van der Waals surface area contributed by atoms with Gasteiger partial charge in [0.2, 0.25) is 11.0 Å². The molecule has 3 rings (SSSR count). The average molecular weight is 413 g/mol. The van der Waals surface area contributed by atoms with Crippen molar-refractivity contribution >= 4 is 45.5 Å². The van der Waals surface area contributed by atoms with E-state index in [1.165, 1.54) is 28.7 Å². The van der Waals surface area contributed by atoms with E-state index in [-0.39, 0.29) is 11.2 Å². The van der Waals surface area contributed by atoms with Crippen LogP contribution in [0.5, 0.6) is 0 Å². The highest BCUT2D eigenvalue weighted by atomic mass is 32.2. The van der Waals surface area contributed by atoms with Crippen LogP contribution < -0.4 is 10.6 Å². The van der Waals surface area contributed by atoms with Crippen LogP contribution in [0.3, 0.4) is 0 Å². The van der Waals surface area contributed by atoms with Crippen LogP contribution in [0.25, 0.3) is 0 Å². The minimum absolute atomic E-state index is 0.0338. The standard InChI is InChI=1S/C21H24N4OS2/c1-4-14(2)17-12-8-9-13-18(17)23-19(26)15(3)27-21-25-24-20(28-21)22-16-10-6-5-7-11-16/h5-15H,4H2,1-3H3,(H,22,24)(H,23,26)/t14-,15-/m1/s1. The second-order valence-electron chi connectivity index (χ2n) is 6.51. The summed E-state index contributed by atoms with van der Waals surface area (Å²) in [5, 5.41) is 15.1. The van der Waals surface area contributed by atoms with E-state index in [2.05, 4.69) is 40.7 Å². The van der Waals surface area contributed by atoms with Gasteiger partial charge >= 0.3 is 0 Å². The predicted octanol–water partition coefficient (Wildman–Crippen LogP) is 5.91. The van der Waals surface area contributed by atoms with Crippen LogP contribution in [0.1, 0.15) is 38.7 Å². The lowest BCUT2D eigenvalue weighted by molar-refractivity contribution is -0.115. The summed E-state index contributed by atoms with van der Waals surface area (Å²) < 4.78 is 0.760. The molecule has 28 heavy (non-hydrogen) atoms. The number of amides is 1. The fourth-order valence-electron chi connectivity index (χ4n) is 2.65. The molecule has 0 aliphatic carbocycles. The van der Waals surface area contributed by atoms with Gasteiger partial charge in [0.1, 0.15) is 0 Å². The van der Waals surface area contributed by atoms with E-state index in [1.807, 2.05) is 55.5 Å². The molecule has 1 heterocycles. The fourth-order valence-corrected chi connectivity index (χ4v) is 4.57.